The zero-order valence-corrected chi connectivity index (χ0v) is 10.4. The molecule has 0 aliphatic carbocycles. The second-order valence-corrected chi connectivity index (χ2v) is 5.43. The maximum Gasteiger partial charge on any atom is 0.337 e. The van der Waals surface area contributed by atoms with Gasteiger partial charge in [-0.1, -0.05) is 6.07 Å². The average Bonchev–Trinajstić information content (AvgIpc) is 2.38. The number of anilines is 2. The number of thioether (sulfide) groups is 1. The molecule has 3 rings (SSSR count). The maximum absolute atomic E-state index is 12.0. The second-order valence-electron chi connectivity index (χ2n) is 4.28. The van der Waals surface area contributed by atoms with Crippen LogP contribution in [0.1, 0.15) is 10.4 Å². The van der Waals surface area contributed by atoms with E-state index in [2.05, 4.69) is 5.32 Å². The molecule has 2 N–H and O–H groups in total. The van der Waals surface area contributed by atoms with E-state index >= 15 is 0 Å². The Morgan fingerprint density at radius 1 is 1.50 bits per heavy atom. The standard InChI is InChI=1S/C12H12N2O3S/c15-11-9-6-18-5-4-14(9)8-3-1-2-7(12(16)17)10(8)13-11/h1-3,9H,4-6H2,(H,13,15)(H,16,17). The van der Waals surface area contributed by atoms with Gasteiger partial charge >= 0.3 is 5.97 Å². The lowest BCUT2D eigenvalue weighted by atomic mass is 10.0. The Balaban J connectivity index is 2.12. The lowest BCUT2D eigenvalue weighted by Crippen LogP contribution is -2.53. The van der Waals surface area contributed by atoms with E-state index in [1.165, 1.54) is 6.07 Å². The average molecular weight is 264 g/mol. The van der Waals surface area contributed by atoms with Crippen molar-refractivity contribution in [3.05, 3.63) is 23.8 Å². The van der Waals surface area contributed by atoms with Gasteiger partial charge in [0.2, 0.25) is 5.91 Å². The van der Waals surface area contributed by atoms with Gasteiger partial charge in [0.25, 0.3) is 0 Å². The molecule has 1 atom stereocenters. The SMILES string of the molecule is O=C(O)c1cccc2c1NC(=O)C1CSCCN21. The molecular weight excluding hydrogens is 252 g/mol. The van der Waals surface area contributed by atoms with E-state index in [9.17, 15) is 9.59 Å². The minimum absolute atomic E-state index is 0.108. The summed E-state index contributed by atoms with van der Waals surface area (Å²) < 4.78 is 0. The molecule has 2 aliphatic rings. The van der Waals surface area contributed by atoms with Crippen LogP contribution in [-0.2, 0) is 4.79 Å². The van der Waals surface area contributed by atoms with E-state index in [0.29, 0.717) is 5.69 Å². The molecule has 0 radical (unpaired) electrons. The second kappa shape index (κ2) is 4.20. The molecule has 18 heavy (non-hydrogen) atoms. The van der Waals surface area contributed by atoms with Crippen molar-refractivity contribution in [1.29, 1.82) is 0 Å². The van der Waals surface area contributed by atoms with Crippen molar-refractivity contribution in [1.82, 2.24) is 0 Å². The predicted molar refractivity (Wildman–Crippen MR) is 70.5 cm³/mol. The van der Waals surface area contributed by atoms with Gasteiger partial charge in [-0.15, -0.1) is 0 Å². The smallest absolute Gasteiger partial charge is 0.337 e. The summed E-state index contributed by atoms with van der Waals surface area (Å²) >= 11 is 1.75. The van der Waals surface area contributed by atoms with Crippen LogP contribution in [0, 0.1) is 0 Å². The molecule has 1 unspecified atom stereocenters. The van der Waals surface area contributed by atoms with Crippen molar-refractivity contribution < 1.29 is 14.7 Å². The number of nitrogens with one attached hydrogen (secondary N) is 1. The number of carboxylic acid groups (broad SMARTS) is 1. The highest BCUT2D eigenvalue weighted by molar-refractivity contribution is 7.99. The third-order valence-corrected chi connectivity index (χ3v) is 4.28. The molecule has 2 heterocycles. The number of hydrogen-bond acceptors (Lipinski definition) is 4. The third kappa shape index (κ3) is 1.64. The van der Waals surface area contributed by atoms with E-state index in [1.54, 1.807) is 17.8 Å². The fourth-order valence-electron chi connectivity index (χ4n) is 2.40. The van der Waals surface area contributed by atoms with E-state index < -0.39 is 5.97 Å². The monoisotopic (exact) mass is 264 g/mol. The van der Waals surface area contributed by atoms with Gasteiger partial charge in [-0.2, -0.15) is 11.8 Å². The van der Waals surface area contributed by atoms with E-state index in [-0.39, 0.29) is 17.5 Å². The van der Waals surface area contributed by atoms with Crippen molar-refractivity contribution in [3.8, 4) is 0 Å². The highest BCUT2D eigenvalue weighted by Gasteiger charge is 2.36. The lowest BCUT2D eigenvalue weighted by molar-refractivity contribution is -0.117. The zero-order chi connectivity index (χ0) is 12.7. The number of amides is 1. The molecule has 0 spiro atoms. The third-order valence-electron chi connectivity index (χ3n) is 3.26. The number of rotatable bonds is 1. The number of para-hydroxylation sites is 1. The molecule has 0 saturated carbocycles. The fraction of sp³-hybridized carbons (Fsp3) is 0.333. The molecule has 94 valence electrons. The molecule has 1 aromatic carbocycles. The fourth-order valence-corrected chi connectivity index (χ4v) is 3.45. The molecule has 5 nitrogen and oxygen atoms in total. The highest BCUT2D eigenvalue weighted by atomic mass is 32.2. The number of carboxylic acids is 1. The molecule has 0 aromatic heterocycles. The zero-order valence-electron chi connectivity index (χ0n) is 9.55. The van der Waals surface area contributed by atoms with E-state index in [1.807, 2.05) is 11.0 Å². The molecule has 2 aliphatic heterocycles. The number of fused-ring (bicyclic) bond motifs is 3. The highest BCUT2D eigenvalue weighted by Crippen LogP contribution is 2.37. The van der Waals surface area contributed by atoms with Gasteiger partial charge in [0, 0.05) is 18.1 Å². The largest absolute Gasteiger partial charge is 0.478 e. The molecule has 1 fully saturated rings. The molecule has 1 saturated heterocycles. The first-order valence-corrected chi connectivity index (χ1v) is 6.85. The number of benzene rings is 1. The van der Waals surface area contributed by atoms with Gasteiger partial charge in [0.1, 0.15) is 6.04 Å². The van der Waals surface area contributed by atoms with Crippen LogP contribution >= 0.6 is 11.8 Å². The number of nitrogens with zero attached hydrogens (tertiary/aromatic N) is 1. The summed E-state index contributed by atoms with van der Waals surface area (Å²) in [5.41, 5.74) is 1.40. The van der Waals surface area contributed by atoms with Crippen LogP contribution in [0.4, 0.5) is 11.4 Å². The van der Waals surface area contributed by atoms with Crippen LogP contribution < -0.4 is 10.2 Å². The van der Waals surface area contributed by atoms with Crippen molar-refractivity contribution >= 4 is 35.0 Å². The van der Waals surface area contributed by atoms with Crippen LogP contribution in [-0.4, -0.2) is 41.1 Å². The summed E-state index contributed by atoms with van der Waals surface area (Å²) in [6, 6.07) is 4.92. The molecule has 0 bridgehead atoms. The van der Waals surface area contributed by atoms with Crippen molar-refractivity contribution in [2.45, 2.75) is 6.04 Å². The lowest BCUT2D eigenvalue weighted by Gasteiger charge is -2.41. The number of hydrogen-bond donors (Lipinski definition) is 2. The normalized spacial score (nSPS) is 21.9. The van der Waals surface area contributed by atoms with Crippen molar-refractivity contribution in [2.24, 2.45) is 0 Å². The Kier molecular flexibility index (Phi) is 2.66. The van der Waals surface area contributed by atoms with Crippen LogP contribution in [0.5, 0.6) is 0 Å². The van der Waals surface area contributed by atoms with Gasteiger partial charge in [-0.25, -0.2) is 4.79 Å². The molecule has 6 heteroatoms. The van der Waals surface area contributed by atoms with Crippen molar-refractivity contribution in [2.75, 3.05) is 28.3 Å². The van der Waals surface area contributed by atoms with E-state index in [0.717, 1.165) is 23.7 Å². The summed E-state index contributed by atoms with van der Waals surface area (Å²) in [7, 11) is 0. The summed E-state index contributed by atoms with van der Waals surface area (Å²) in [4.78, 5) is 25.2. The van der Waals surface area contributed by atoms with E-state index in [4.69, 9.17) is 5.11 Å². The topological polar surface area (TPSA) is 69.6 Å². The maximum atomic E-state index is 12.0. The van der Waals surface area contributed by atoms with Crippen LogP contribution in [0.25, 0.3) is 0 Å². The number of carbonyl (C=O) groups excluding carboxylic acids is 1. The van der Waals surface area contributed by atoms with Gasteiger partial charge in [0.15, 0.2) is 0 Å². The number of carbonyl (C=O) groups is 2. The predicted octanol–water partition coefficient (Wildman–Crippen LogP) is 1.26. The quantitative estimate of drug-likeness (QED) is 0.799. The summed E-state index contributed by atoms with van der Waals surface area (Å²) in [6.07, 6.45) is 0. The Morgan fingerprint density at radius 2 is 2.33 bits per heavy atom. The Hall–Kier alpha value is -1.69. The Bertz CT molecular complexity index is 532. The first-order valence-electron chi connectivity index (χ1n) is 5.70. The van der Waals surface area contributed by atoms with Gasteiger partial charge < -0.3 is 15.3 Å². The number of aromatic carboxylic acids is 1. The molecule has 1 aromatic rings. The van der Waals surface area contributed by atoms with Crippen LogP contribution in [0.2, 0.25) is 0 Å². The van der Waals surface area contributed by atoms with Crippen LogP contribution in [0.15, 0.2) is 18.2 Å². The summed E-state index contributed by atoms with van der Waals surface area (Å²) in [6.45, 7) is 0.777. The van der Waals surface area contributed by atoms with Gasteiger partial charge in [0.05, 0.1) is 16.9 Å². The Morgan fingerprint density at radius 3 is 3.11 bits per heavy atom. The van der Waals surface area contributed by atoms with Gasteiger partial charge in [-0.3, -0.25) is 4.79 Å². The molecule has 1 amide bonds. The summed E-state index contributed by atoms with van der Waals surface area (Å²) in [5, 5.41) is 11.9. The first kappa shape index (κ1) is 11.4. The summed E-state index contributed by atoms with van der Waals surface area (Å²) in [5.74, 6) is 0.587. The minimum Gasteiger partial charge on any atom is -0.478 e. The minimum atomic E-state index is -1.02. The van der Waals surface area contributed by atoms with Crippen LogP contribution in [0.3, 0.4) is 0 Å². The van der Waals surface area contributed by atoms with Crippen molar-refractivity contribution in [3.63, 3.8) is 0 Å². The Labute approximate surface area is 108 Å². The first-order chi connectivity index (χ1) is 8.68. The van der Waals surface area contributed by atoms with Gasteiger partial charge in [-0.05, 0) is 12.1 Å². The molecular formula is C12H12N2O3S.